The molecule has 1 nitrogen and oxygen atoms in total. The summed E-state index contributed by atoms with van der Waals surface area (Å²) in [5.74, 6) is 0. The molecule has 100 valence electrons. The van der Waals surface area contributed by atoms with Gasteiger partial charge in [-0.1, -0.05) is 45.8 Å². The molecule has 2 aromatic rings. The van der Waals surface area contributed by atoms with Gasteiger partial charge in [0.1, 0.15) is 0 Å². The second-order valence-corrected chi connectivity index (χ2v) is 6.15. The standard InChI is InChI=1S/C17H20BrN/c1-10-7-12(3)16(13(4)8-10)17(19)14-6-5-11(2)15(18)9-14/h5-9,17H,19H2,1-4H3. The average Bonchev–Trinajstić information content (AvgIpc) is 2.31. The van der Waals surface area contributed by atoms with Gasteiger partial charge in [-0.15, -0.1) is 0 Å². The third-order valence-corrected chi connectivity index (χ3v) is 4.46. The van der Waals surface area contributed by atoms with Gasteiger partial charge in [-0.25, -0.2) is 0 Å². The second-order valence-electron chi connectivity index (χ2n) is 5.30. The molecule has 2 rings (SSSR count). The molecule has 1 atom stereocenters. The van der Waals surface area contributed by atoms with Crippen molar-refractivity contribution in [3.05, 3.63) is 68.2 Å². The number of halogens is 1. The van der Waals surface area contributed by atoms with Gasteiger partial charge in [-0.3, -0.25) is 0 Å². The number of rotatable bonds is 2. The molecule has 0 fully saturated rings. The number of hydrogen-bond acceptors (Lipinski definition) is 1. The van der Waals surface area contributed by atoms with Crippen molar-refractivity contribution in [2.75, 3.05) is 0 Å². The second kappa shape index (κ2) is 5.48. The molecule has 0 aliphatic carbocycles. The van der Waals surface area contributed by atoms with Crippen molar-refractivity contribution in [2.45, 2.75) is 33.7 Å². The first-order chi connectivity index (χ1) is 8.90. The van der Waals surface area contributed by atoms with Crippen LogP contribution in [0, 0.1) is 27.7 Å². The lowest BCUT2D eigenvalue weighted by Gasteiger charge is -2.19. The number of benzene rings is 2. The summed E-state index contributed by atoms with van der Waals surface area (Å²) in [6.07, 6.45) is 0. The van der Waals surface area contributed by atoms with Crippen LogP contribution in [-0.2, 0) is 0 Å². The highest BCUT2D eigenvalue weighted by atomic mass is 79.9. The van der Waals surface area contributed by atoms with Gasteiger partial charge >= 0.3 is 0 Å². The van der Waals surface area contributed by atoms with E-state index in [2.05, 4.69) is 74.0 Å². The largest absolute Gasteiger partial charge is 0.320 e. The molecule has 0 saturated heterocycles. The molecule has 0 saturated carbocycles. The van der Waals surface area contributed by atoms with Crippen LogP contribution in [0.15, 0.2) is 34.8 Å². The molecule has 0 aliphatic rings. The van der Waals surface area contributed by atoms with Gasteiger partial charge in [0.05, 0.1) is 6.04 Å². The summed E-state index contributed by atoms with van der Waals surface area (Å²) in [7, 11) is 0. The van der Waals surface area contributed by atoms with E-state index < -0.39 is 0 Å². The summed E-state index contributed by atoms with van der Waals surface area (Å²) in [5.41, 5.74) is 13.9. The van der Waals surface area contributed by atoms with Crippen molar-refractivity contribution >= 4 is 15.9 Å². The molecule has 0 radical (unpaired) electrons. The molecule has 19 heavy (non-hydrogen) atoms. The molecular weight excluding hydrogens is 298 g/mol. The highest BCUT2D eigenvalue weighted by Crippen LogP contribution is 2.29. The molecule has 0 bridgehead atoms. The Hall–Kier alpha value is -1.12. The summed E-state index contributed by atoms with van der Waals surface area (Å²) in [5, 5.41) is 0. The molecule has 0 aromatic heterocycles. The number of hydrogen-bond donors (Lipinski definition) is 1. The van der Waals surface area contributed by atoms with Crippen LogP contribution in [0.1, 0.15) is 39.4 Å². The first kappa shape index (κ1) is 14.3. The van der Waals surface area contributed by atoms with Crippen molar-refractivity contribution in [1.82, 2.24) is 0 Å². The Bertz CT molecular complexity index is 594. The lowest BCUT2D eigenvalue weighted by molar-refractivity contribution is 0.849. The summed E-state index contributed by atoms with van der Waals surface area (Å²) in [4.78, 5) is 0. The maximum Gasteiger partial charge on any atom is 0.0557 e. The van der Waals surface area contributed by atoms with Gasteiger partial charge in [-0.05, 0) is 61.6 Å². The number of nitrogens with two attached hydrogens (primary N) is 1. The van der Waals surface area contributed by atoms with Crippen LogP contribution in [-0.4, -0.2) is 0 Å². The highest BCUT2D eigenvalue weighted by Gasteiger charge is 2.15. The molecule has 0 aliphatic heterocycles. The predicted octanol–water partition coefficient (Wildman–Crippen LogP) is 4.73. The molecule has 2 aromatic carbocycles. The van der Waals surface area contributed by atoms with Gasteiger partial charge in [0.2, 0.25) is 0 Å². The summed E-state index contributed by atoms with van der Waals surface area (Å²) in [6, 6.07) is 10.7. The van der Waals surface area contributed by atoms with Gasteiger partial charge < -0.3 is 5.73 Å². The normalized spacial score (nSPS) is 12.5. The van der Waals surface area contributed by atoms with Crippen LogP contribution >= 0.6 is 15.9 Å². The molecule has 1 unspecified atom stereocenters. The first-order valence-corrected chi connectivity index (χ1v) is 7.29. The minimum atomic E-state index is -0.0718. The lowest BCUT2D eigenvalue weighted by Crippen LogP contribution is -2.15. The Morgan fingerprint density at radius 1 is 0.895 bits per heavy atom. The summed E-state index contributed by atoms with van der Waals surface area (Å²) in [6.45, 7) is 8.48. The van der Waals surface area contributed by atoms with Gasteiger partial charge in [0.25, 0.3) is 0 Å². The molecule has 0 spiro atoms. The zero-order chi connectivity index (χ0) is 14.2. The Kier molecular flexibility index (Phi) is 4.12. The average molecular weight is 318 g/mol. The fourth-order valence-electron chi connectivity index (χ4n) is 2.65. The predicted molar refractivity (Wildman–Crippen MR) is 85.6 cm³/mol. The summed E-state index contributed by atoms with van der Waals surface area (Å²) >= 11 is 3.58. The summed E-state index contributed by atoms with van der Waals surface area (Å²) < 4.78 is 1.11. The Morgan fingerprint density at radius 2 is 1.47 bits per heavy atom. The van der Waals surface area contributed by atoms with E-state index in [1.807, 2.05) is 0 Å². The highest BCUT2D eigenvalue weighted by molar-refractivity contribution is 9.10. The maximum absolute atomic E-state index is 6.47. The van der Waals surface area contributed by atoms with Crippen molar-refractivity contribution in [3.8, 4) is 0 Å². The molecule has 0 amide bonds. The van der Waals surface area contributed by atoms with Crippen molar-refractivity contribution < 1.29 is 0 Å². The topological polar surface area (TPSA) is 26.0 Å². The molecule has 2 heteroatoms. The van der Waals surface area contributed by atoms with E-state index in [-0.39, 0.29) is 6.04 Å². The maximum atomic E-state index is 6.47. The minimum absolute atomic E-state index is 0.0718. The van der Waals surface area contributed by atoms with Crippen molar-refractivity contribution in [1.29, 1.82) is 0 Å². The lowest BCUT2D eigenvalue weighted by atomic mass is 9.90. The van der Waals surface area contributed by atoms with Gasteiger partial charge in [0, 0.05) is 4.47 Å². The van der Waals surface area contributed by atoms with E-state index in [1.165, 1.54) is 27.8 Å². The van der Waals surface area contributed by atoms with E-state index in [4.69, 9.17) is 5.73 Å². The van der Waals surface area contributed by atoms with Crippen LogP contribution in [0.3, 0.4) is 0 Å². The molecular formula is C17H20BrN. The van der Waals surface area contributed by atoms with Crippen LogP contribution in [0.4, 0.5) is 0 Å². The first-order valence-electron chi connectivity index (χ1n) is 6.49. The van der Waals surface area contributed by atoms with E-state index in [9.17, 15) is 0 Å². The SMILES string of the molecule is Cc1cc(C)c(C(N)c2ccc(C)c(Br)c2)c(C)c1. The van der Waals surface area contributed by atoms with Crippen molar-refractivity contribution in [3.63, 3.8) is 0 Å². The van der Waals surface area contributed by atoms with Gasteiger partial charge in [-0.2, -0.15) is 0 Å². The Labute approximate surface area is 124 Å². The third-order valence-electron chi connectivity index (χ3n) is 3.60. The quantitative estimate of drug-likeness (QED) is 0.851. The monoisotopic (exact) mass is 317 g/mol. The minimum Gasteiger partial charge on any atom is -0.320 e. The Morgan fingerprint density at radius 3 is 2.00 bits per heavy atom. The van der Waals surface area contributed by atoms with Gasteiger partial charge in [0.15, 0.2) is 0 Å². The zero-order valence-corrected chi connectivity index (χ0v) is 13.5. The van der Waals surface area contributed by atoms with Crippen LogP contribution in [0.2, 0.25) is 0 Å². The fraction of sp³-hybridized carbons (Fsp3) is 0.294. The number of aryl methyl sites for hydroxylation is 4. The van der Waals surface area contributed by atoms with Crippen molar-refractivity contribution in [2.24, 2.45) is 5.73 Å². The smallest absolute Gasteiger partial charge is 0.0557 e. The van der Waals surface area contributed by atoms with Crippen LogP contribution < -0.4 is 5.73 Å². The van der Waals surface area contributed by atoms with E-state index in [0.29, 0.717) is 0 Å². The van der Waals surface area contributed by atoms with E-state index in [1.54, 1.807) is 0 Å². The Balaban J connectivity index is 2.49. The van der Waals surface area contributed by atoms with E-state index in [0.717, 1.165) is 10.0 Å². The molecule has 0 heterocycles. The van der Waals surface area contributed by atoms with E-state index >= 15 is 0 Å². The fourth-order valence-corrected chi connectivity index (χ4v) is 3.05. The van der Waals surface area contributed by atoms with Crippen LogP contribution in [0.25, 0.3) is 0 Å². The molecule has 2 N–H and O–H groups in total. The van der Waals surface area contributed by atoms with Crippen LogP contribution in [0.5, 0.6) is 0 Å². The zero-order valence-electron chi connectivity index (χ0n) is 11.9. The third kappa shape index (κ3) is 2.90.